The molecule has 0 unspecified atom stereocenters. The fraction of sp³-hybridized carbons (Fsp3) is 0.500. The van der Waals surface area contributed by atoms with Crippen molar-refractivity contribution in [1.82, 2.24) is 25.4 Å². The van der Waals surface area contributed by atoms with E-state index in [2.05, 4.69) is 15.6 Å². The SMILES string of the molecule is CN(C)C(=O)NCc1cc(C(=O)N2CCNCC2)ccn1. The van der Waals surface area contributed by atoms with Gasteiger partial charge in [-0.05, 0) is 12.1 Å². The molecule has 3 amide bonds. The van der Waals surface area contributed by atoms with Gasteiger partial charge < -0.3 is 20.4 Å². The average molecular weight is 291 g/mol. The molecule has 1 saturated heterocycles. The number of nitrogens with one attached hydrogen (secondary N) is 2. The number of rotatable bonds is 3. The van der Waals surface area contributed by atoms with Crippen molar-refractivity contribution in [2.75, 3.05) is 40.3 Å². The summed E-state index contributed by atoms with van der Waals surface area (Å²) in [6.07, 6.45) is 1.60. The van der Waals surface area contributed by atoms with Crippen LogP contribution in [0.5, 0.6) is 0 Å². The summed E-state index contributed by atoms with van der Waals surface area (Å²) in [6.45, 7) is 3.38. The number of carbonyl (C=O) groups excluding carboxylic acids is 2. The average Bonchev–Trinajstić information content (AvgIpc) is 2.53. The lowest BCUT2D eigenvalue weighted by atomic mass is 10.2. The number of piperazine rings is 1. The Morgan fingerprint density at radius 3 is 2.76 bits per heavy atom. The highest BCUT2D eigenvalue weighted by Gasteiger charge is 2.18. The minimum atomic E-state index is -0.185. The number of hydrogen-bond donors (Lipinski definition) is 2. The highest BCUT2D eigenvalue weighted by molar-refractivity contribution is 5.94. The standard InChI is InChI=1S/C14H21N5O2/c1-18(2)14(21)17-10-12-9-11(3-4-16-12)13(20)19-7-5-15-6-8-19/h3-4,9,15H,5-8,10H2,1-2H3,(H,17,21). The van der Waals surface area contributed by atoms with Crippen LogP contribution in [-0.4, -0.2) is 67.0 Å². The maximum atomic E-state index is 12.4. The van der Waals surface area contributed by atoms with Gasteiger partial charge in [0.25, 0.3) is 5.91 Å². The fourth-order valence-electron chi connectivity index (χ4n) is 2.08. The number of aromatic nitrogens is 1. The Morgan fingerprint density at radius 1 is 1.38 bits per heavy atom. The van der Waals surface area contributed by atoms with Crippen molar-refractivity contribution in [3.63, 3.8) is 0 Å². The predicted molar refractivity (Wildman–Crippen MR) is 78.9 cm³/mol. The fourth-order valence-corrected chi connectivity index (χ4v) is 2.08. The van der Waals surface area contributed by atoms with Gasteiger partial charge in [0.15, 0.2) is 0 Å². The van der Waals surface area contributed by atoms with Crippen LogP contribution in [0.3, 0.4) is 0 Å². The van der Waals surface area contributed by atoms with Crippen molar-refractivity contribution in [1.29, 1.82) is 0 Å². The number of amides is 3. The Bertz CT molecular complexity index is 512. The lowest BCUT2D eigenvalue weighted by molar-refractivity contribution is 0.0735. The smallest absolute Gasteiger partial charge is 0.317 e. The first-order valence-corrected chi connectivity index (χ1v) is 6.98. The van der Waals surface area contributed by atoms with Crippen LogP contribution in [0.1, 0.15) is 16.1 Å². The minimum absolute atomic E-state index is 0.0130. The Labute approximate surface area is 124 Å². The molecule has 1 fully saturated rings. The zero-order valence-electron chi connectivity index (χ0n) is 12.4. The normalized spacial score (nSPS) is 14.7. The summed E-state index contributed by atoms with van der Waals surface area (Å²) in [5.74, 6) is 0.0130. The quantitative estimate of drug-likeness (QED) is 0.815. The van der Waals surface area contributed by atoms with E-state index in [1.165, 1.54) is 4.90 Å². The van der Waals surface area contributed by atoms with Gasteiger partial charge in [-0.2, -0.15) is 0 Å². The molecule has 7 heteroatoms. The molecule has 0 bridgehead atoms. The zero-order chi connectivity index (χ0) is 15.2. The van der Waals surface area contributed by atoms with E-state index in [0.717, 1.165) is 13.1 Å². The minimum Gasteiger partial charge on any atom is -0.336 e. The van der Waals surface area contributed by atoms with Crippen LogP contribution in [0, 0.1) is 0 Å². The van der Waals surface area contributed by atoms with Gasteiger partial charge in [0.2, 0.25) is 0 Å². The molecule has 0 aliphatic carbocycles. The molecule has 1 aromatic heterocycles. The van der Waals surface area contributed by atoms with Gasteiger partial charge in [-0.1, -0.05) is 0 Å². The molecule has 1 aliphatic heterocycles. The van der Waals surface area contributed by atoms with Crippen LogP contribution < -0.4 is 10.6 Å². The monoisotopic (exact) mass is 291 g/mol. The summed E-state index contributed by atoms with van der Waals surface area (Å²) >= 11 is 0. The summed E-state index contributed by atoms with van der Waals surface area (Å²) in [7, 11) is 3.35. The first kappa shape index (κ1) is 15.2. The molecule has 0 saturated carbocycles. The summed E-state index contributed by atoms with van der Waals surface area (Å²) < 4.78 is 0. The van der Waals surface area contributed by atoms with Gasteiger partial charge in [0.1, 0.15) is 0 Å². The molecule has 2 N–H and O–H groups in total. The highest BCUT2D eigenvalue weighted by Crippen LogP contribution is 2.07. The number of hydrogen-bond acceptors (Lipinski definition) is 4. The largest absolute Gasteiger partial charge is 0.336 e. The molecule has 0 spiro atoms. The molecular formula is C14H21N5O2. The molecule has 0 aromatic carbocycles. The molecular weight excluding hydrogens is 270 g/mol. The third-order valence-corrected chi connectivity index (χ3v) is 3.29. The second-order valence-electron chi connectivity index (χ2n) is 5.13. The maximum absolute atomic E-state index is 12.4. The second kappa shape index (κ2) is 7.03. The van der Waals surface area contributed by atoms with Crippen molar-refractivity contribution in [2.24, 2.45) is 0 Å². The van der Waals surface area contributed by atoms with Gasteiger partial charge in [0, 0.05) is 52.0 Å². The van der Waals surface area contributed by atoms with Crippen molar-refractivity contribution < 1.29 is 9.59 Å². The van der Waals surface area contributed by atoms with Crippen molar-refractivity contribution >= 4 is 11.9 Å². The van der Waals surface area contributed by atoms with Gasteiger partial charge in [-0.3, -0.25) is 9.78 Å². The molecule has 0 atom stereocenters. The summed E-state index contributed by atoms with van der Waals surface area (Å²) in [5.41, 5.74) is 1.28. The van der Waals surface area contributed by atoms with Gasteiger partial charge in [-0.15, -0.1) is 0 Å². The summed E-state index contributed by atoms with van der Waals surface area (Å²) in [4.78, 5) is 31.3. The van der Waals surface area contributed by atoms with E-state index in [1.54, 1.807) is 32.4 Å². The predicted octanol–water partition coefficient (Wildman–Crippen LogP) is -0.102. The van der Waals surface area contributed by atoms with Crippen LogP contribution in [0.15, 0.2) is 18.3 Å². The Morgan fingerprint density at radius 2 is 2.10 bits per heavy atom. The van der Waals surface area contributed by atoms with E-state index in [1.807, 2.05) is 4.90 Å². The van der Waals surface area contributed by atoms with Crippen LogP contribution in [0.2, 0.25) is 0 Å². The Hall–Kier alpha value is -2.15. The molecule has 21 heavy (non-hydrogen) atoms. The third-order valence-electron chi connectivity index (χ3n) is 3.29. The van der Waals surface area contributed by atoms with Crippen LogP contribution >= 0.6 is 0 Å². The molecule has 1 aliphatic rings. The summed E-state index contributed by atoms with van der Waals surface area (Å²) in [5, 5.41) is 5.95. The molecule has 2 rings (SSSR count). The van der Waals surface area contributed by atoms with E-state index >= 15 is 0 Å². The van der Waals surface area contributed by atoms with E-state index in [-0.39, 0.29) is 11.9 Å². The van der Waals surface area contributed by atoms with Gasteiger partial charge >= 0.3 is 6.03 Å². The van der Waals surface area contributed by atoms with E-state index in [4.69, 9.17) is 0 Å². The summed E-state index contributed by atoms with van der Waals surface area (Å²) in [6, 6.07) is 3.26. The molecule has 7 nitrogen and oxygen atoms in total. The second-order valence-corrected chi connectivity index (χ2v) is 5.13. The number of carbonyl (C=O) groups is 2. The van der Waals surface area contributed by atoms with E-state index in [0.29, 0.717) is 30.9 Å². The molecule has 0 radical (unpaired) electrons. The topological polar surface area (TPSA) is 77.6 Å². The lowest BCUT2D eigenvalue weighted by Gasteiger charge is -2.27. The first-order valence-electron chi connectivity index (χ1n) is 6.98. The van der Waals surface area contributed by atoms with Gasteiger partial charge in [0.05, 0.1) is 12.2 Å². The maximum Gasteiger partial charge on any atom is 0.317 e. The molecule has 2 heterocycles. The van der Waals surface area contributed by atoms with Crippen LogP contribution in [-0.2, 0) is 6.54 Å². The van der Waals surface area contributed by atoms with Crippen molar-refractivity contribution in [2.45, 2.75) is 6.54 Å². The van der Waals surface area contributed by atoms with E-state index < -0.39 is 0 Å². The van der Waals surface area contributed by atoms with E-state index in [9.17, 15) is 9.59 Å². The van der Waals surface area contributed by atoms with Crippen LogP contribution in [0.4, 0.5) is 4.79 Å². The van der Waals surface area contributed by atoms with Crippen molar-refractivity contribution in [3.8, 4) is 0 Å². The van der Waals surface area contributed by atoms with Crippen LogP contribution in [0.25, 0.3) is 0 Å². The Balaban J connectivity index is 1.99. The Kier molecular flexibility index (Phi) is 5.10. The number of nitrogens with zero attached hydrogens (tertiary/aromatic N) is 3. The molecule has 114 valence electrons. The number of pyridine rings is 1. The number of urea groups is 1. The molecule has 1 aromatic rings. The lowest BCUT2D eigenvalue weighted by Crippen LogP contribution is -2.46. The van der Waals surface area contributed by atoms with Crippen molar-refractivity contribution in [3.05, 3.63) is 29.6 Å². The first-order chi connectivity index (χ1) is 10.1. The van der Waals surface area contributed by atoms with Gasteiger partial charge in [-0.25, -0.2) is 4.79 Å². The zero-order valence-corrected chi connectivity index (χ0v) is 12.4. The highest BCUT2D eigenvalue weighted by atomic mass is 16.2. The third kappa shape index (κ3) is 4.16.